The molecule has 2 N–H and O–H groups in total. The van der Waals surface area contributed by atoms with Crippen LogP contribution in [-0.4, -0.2) is 53.4 Å². The van der Waals surface area contributed by atoms with Crippen LogP contribution in [0.5, 0.6) is 0 Å². The maximum atomic E-state index is 14.2. The molecule has 0 bridgehead atoms. The van der Waals surface area contributed by atoms with Crippen LogP contribution in [0.25, 0.3) is 11.1 Å². The van der Waals surface area contributed by atoms with E-state index < -0.39 is 35.0 Å². The molecular weight excluding hydrogens is 514 g/mol. The maximum Gasteiger partial charge on any atom is 0.416 e. The molecule has 3 aromatic rings. The second-order valence-corrected chi connectivity index (χ2v) is 10.5. The Morgan fingerprint density at radius 3 is 2.41 bits per heavy atom. The number of halogens is 4. The molecule has 4 rings (SSSR count). The number of aryl methyl sites for hydroxylation is 1. The summed E-state index contributed by atoms with van der Waals surface area (Å²) in [5.74, 6) is -1.13. The largest absolute Gasteiger partial charge is 0.416 e. The summed E-state index contributed by atoms with van der Waals surface area (Å²) in [6, 6.07) is 11.1. The Morgan fingerprint density at radius 1 is 1.10 bits per heavy atom. The number of aliphatic hydroxyl groups excluding tert-OH is 2. The van der Waals surface area contributed by atoms with Crippen LogP contribution in [0.15, 0.2) is 54.7 Å². The quantitative estimate of drug-likeness (QED) is 0.422. The van der Waals surface area contributed by atoms with Crippen molar-refractivity contribution in [3.8, 4) is 11.1 Å². The van der Waals surface area contributed by atoms with Crippen molar-refractivity contribution in [3.63, 3.8) is 0 Å². The highest BCUT2D eigenvalue weighted by molar-refractivity contribution is 6.03. The number of hydrogen-bond donors (Lipinski definition) is 2. The standard InChI is InChI=1S/C29H31F4N3O3/c1-17-7-5-6-8-23(17)24-13-26(36-15-22(38)12-21(36)16-37)34-14-25(24)35(4)27(39)28(2,3)18-9-19(29(31,32)33)11-20(30)10-18/h5-11,13-14,21-22,37-38H,12,15-16H2,1-4H3/t21-,22+/m1/s1. The number of pyridine rings is 1. The zero-order valence-electron chi connectivity index (χ0n) is 22.1. The molecule has 2 aromatic carbocycles. The van der Waals surface area contributed by atoms with E-state index in [0.717, 1.165) is 23.3 Å². The van der Waals surface area contributed by atoms with E-state index in [1.807, 2.05) is 36.1 Å². The fourth-order valence-electron chi connectivity index (χ4n) is 5.06. The Bertz CT molecular complexity index is 1380. The molecule has 0 aliphatic carbocycles. The first-order valence-electron chi connectivity index (χ1n) is 12.5. The molecule has 1 aliphatic rings. The van der Waals surface area contributed by atoms with Gasteiger partial charge in [0.1, 0.15) is 11.6 Å². The van der Waals surface area contributed by atoms with Crippen LogP contribution in [0.4, 0.5) is 29.1 Å². The SMILES string of the molecule is Cc1ccccc1-c1cc(N2C[C@@H](O)C[C@@H]2CO)ncc1N(C)C(=O)C(C)(C)c1cc(F)cc(C(F)(F)F)c1. The summed E-state index contributed by atoms with van der Waals surface area (Å²) in [4.78, 5) is 21.5. The smallest absolute Gasteiger partial charge is 0.394 e. The van der Waals surface area contributed by atoms with Crippen LogP contribution in [0.1, 0.15) is 37.0 Å². The van der Waals surface area contributed by atoms with Crippen molar-refractivity contribution < 1.29 is 32.6 Å². The number of carbonyl (C=O) groups is 1. The molecule has 0 spiro atoms. The van der Waals surface area contributed by atoms with Gasteiger partial charge in [0.15, 0.2) is 0 Å². The molecule has 208 valence electrons. The molecule has 1 fully saturated rings. The van der Waals surface area contributed by atoms with Gasteiger partial charge in [-0.1, -0.05) is 24.3 Å². The Balaban J connectivity index is 1.79. The minimum atomic E-state index is -4.77. The summed E-state index contributed by atoms with van der Waals surface area (Å²) in [5.41, 5.74) is -0.0315. The fraction of sp³-hybridized carbons (Fsp3) is 0.379. The fourth-order valence-corrected chi connectivity index (χ4v) is 5.06. The predicted octanol–water partition coefficient (Wildman–Crippen LogP) is 5.09. The molecule has 1 aromatic heterocycles. The number of rotatable bonds is 6. The lowest BCUT2D eigenvalue weighted by Gasteiger charge is -2.32. The number of carbonyl (C=O) groups excluding carboxylic acids is 1. The molecule has 2 atom stereocenters. The topological polar surface area (TPSA) is 76.9 Å². The van der Waals surface area contributed by atoms with E-state index in [-0.39, 0.29) is 24.8 Å². The molecular formula is C29H31F4N3O3. The molecule has 1 amide bonds. The first-order valence-corrected chi connectivity index (χ1v) is 12.5. The van der Waals surface area contributed by atoms with E-state index >= 15 is 0 Å². The number of benzene rings is 2. The van der Waals surface area contributed by atoms with Crippen LogP contribution in [0, 0.1) is 12.7 Å². The first-order chi connectivity index (χ1) is 18.2. The van der Waals surface area contributed by atoms with Crippen molar-refractivity contribution >= 4 is 17.4 Å². The van der Waals surface area contributed by atoms with Gasteiger partial charge >= 0.3 is 6.18 Å². The summed E-state index contributed by atoms with van der Waals surface area (Å²) in [6.07, 6.45) is -3.50. The molecule has 10 heteroatoms. The summed E-state index contributed by atoms with van der Waals surface area (Å²) >= 11 is 0. The van der Waals surface area contributed by atoms with Crippen molar-refractivity contribution in [2.45, 2.75) is 50.9 Å². The van der Waals surface area contributed by atoms with Gasteiger partial charge in [-0.05, 0) is 68.1 Å². The van der Waals surface area contributed by atoms with Crippen LogP contribution in [0.2, 0.25) is 0 Å². The number of aliphatic hydroxyl groups is 2. The van der Waals surface area contributed by atoms with Gasteiger partial charge in [0.2, 0.25) is 5.91 Å². The van der Waals surface area contributed by atoms with Crippen LogP contribution in [-0.2, 0) is 16.4 Å². The summed E-state index contributed by atoms with van der Waals surface area (Å²) in [7, 11) is 1.50. The van der Waals surface area contributed by atoms with E-state index in [9.17, 15) is 32.6 Å². The molecule has 2 heterocycles. The summed E-state index contributed by atoms with van der Waals surface area (Å²) < 4.78 is 54.3. The van der Waals surface area contributed by atoms with E-state index in [1.54, 1.807) is 6.07 Å². The predicted molar refractivity (Wildman–Crippen MR) is 141 cm³/mol. The highest BCUT2D eigenvalue weighted by Crippen LogP contribution is 2.39. The molecule has 1 aliphatic heterocycles. The lowest BCUT2D eigenvalue weighted by atomic mass is 9.82. The summed E-state index contributed by atoms with van der Waals surface area (Å²) in [5, 5.41) is 20.0. The van der Waals surface area contributed by atoms with Crippen molar-refractivity contribution in [2.75, 3.05) is 30.0 Å². The molecule has 39 heavy (non-hydrogen) atoms. The van der Waals surface area contributed by atoms with Gasteiger partial charge in [-0.2, -0.15) is 13.2 Å². The number of aromatic nitrogens is 1. The van der Waals surface area contributed by atoms with E-state index in [4.69, 9.17) is 0 Å². The van der Waals surface area contributed by atoms with E-state index in [1.165, 1.54) is 32.0 Å². The number of hydrogen-bond acceptors (Lipinski definition) is 5. The number of nitrogens with zero attached hydrogens (tertiary/aromatic N) is 3. The number of β-amino-alcohol motifs (C(OH)–C–C–N with tert-alkyl or cyclic N) is 1. The average Bonchev–Trinajstić information content (AvgIpc) is 3.27. The highest BCUT2D eigenvalue weighted by Gasteiger charge is 2.38. The van der Waals surface area contributed by atoms with E-state index in [2.05, 4.69) is 4.98 Å². The first kappa shape index (κ1) is 28.5. The third-order valence-electron chi connectivity index (χ3n) is 7.35. The Hall–Kier alpha value is -3.50. The lowest BCUT2D eigenvalue weighted by molar-refractivity contribution is -0.138. The third kappa shape index (κ3) is 5.62. The molecule has 0 radical (unpaired) electrons. The second-order valence-electron chi connectivity index (χ2n) is 10.5. The number of likely N-dealkylation sites (N-methyl/N-ethyl adjacent to an activating group) is 1. The molecule has 0 unspecified atom stereocenters. The average molecular weight is 546 g/mol. The highest BCUT2D eigenvalue weighted by atomic mass is 19.4. The Kier molecular flexibility index (Phi) is 7.73. The summed E-state index contributed by atoms with van der Waals surface area (Å²) in [6.45, 7) is 4.93. The number of amides is 1. The third-order valence-corrected chi connectivity index (χ3v) is 7.35. The van der Waals surface area contributed by atoms with Crippen molar-refractivity contribution in [1.29, 1.82) is 0 Å². The van der Waals surface area contributed by atoms with E-state index in [0.29, 0.717) is 29.6 Å². The number of alkyl halides is 3. The lowest BCUT2D eigenvalue weighted by Crippen LogP contribution is -2.42. The Labute approximate surface area is 224 Å². The van der Waals surface area contributed by atoms with Gasteiger partial charge in [0.25, 0.3) is 0 Å². The van der Waals surface area contributed by atoms with Crippen molar-refractivity contribution in [2.24, 2.45) is 0 Å². The van der Waals surface area contributed by atoms with Gasteiger partial charge in [-0.3, -0.25) is 4.79 Å². The van der Waals surface area contributed by atoms with Crippen LogP contribution >= 0.6 is 0 Å². The second kappa shape index (κ2) is 10.6. The monoisotopic (exact) mass is 545 g/mol. The van der Waals surface area contributed by atoms with Gasteiger partial charge in [0, 0.05) is 19.2 Å². The van der Waals surface area contributed by atoms with Crippen molar-refractivity contribution in [3.05, 3.63) is 77.2 Å². The zero-order chi connectivity index (χ0) is 28.7. The number of anilines is 2. The van der Waals surface area contributed by atoms with Crippen LogP contribution in [0.3, 0.4) is 0 Å². The van der Waals surface area contributed by atoms with Crippen LogP contribution < -0.4 is 9.80 Å². The maximum absolute atomic E-state index is 14.2. The van der Waals surface area contributed by atoms with Gasteiger partial charge in [0.05, 0.1) is 41.6 Å². The normalized spacial score (nSPS) is 17.9. The minimum Gasteiger partial charge on any atom is -0.394 e. The van der Waals surface area contributed by atoms with Gasteiger partial charge < -0.3 is 20.0 Å². The minimum absolute atomic E-state index is 0.106. The zero-order valence-corrected chi connectivity index (χ0v) is 22.1. The molecule has 1 saturated heterocycles. The van der Waals surface area contributed by atoms with Crippen molar-refractivity contribution in [1.82, 2.24) is 4.98 Å². The molecule has 0 saturated carbocycles. The van der Waals surface area contributed by atoms with Gasteiger partial charge in [-0.25, -0.2) is 9.37 Å². The molecule has 6 nitrogen and oxygen atoms in total. The van der Waals surface area contributed by atoms with Gasteiger partial charge in [-0.15, -0.1) is 0 Å². The Morgan fingerprint density at radius 2 is 1.77 bits per heavy atom.